The van der Waals surface area contributed by atoms with Gasteiger partial charge in [0.15, 0.2) is 0 Å². The average Bonchev–Trinajstić information content (AvgIpc) is 3.38. The summed E-state index contributed by atoms with van der Waals surface area (Å²) in [5.74, 6) is 0.670. The second-order valence-electron chi connectivity index (χ2n) is 5.90. The van der Waals surface area contributed by atoms with Crippen molar-refractivity contribution in [3.63, 3.8) is 0 Å². The predicted molar refractivity (Wildman–Crippen MR) is 101 cm³/mol. The van der Waals surface area contributed by atoms with Gasteiger partial charge in [-0.15, -0.1) is 11.3 Å². The normalized spacial score (nSPS) is 12.5. The molecule has 3 rings (SSSR count). The number of nitrogens with zero attached hydrogens (tertiary/aromatic N) is 4. The summed E-state index contributed by atoms with van der Waals surface area (Å²) in [6.45, 7) is 6.41. The van der Waals surface area contributed by atoms with E-state index in [1.165, 1.54) is 11.3 Å². The molecule has 3 aromatic heterocycles. The smallest absolute Gasteiger partial charge is 0.270 e. The molecule has 138 valence electrons. The first-order chi connectivity index (χ1) is 12.6. The van der Waals surface area contributed by atoms with Crippen LogP contribution in [0.25, 0.3) is 10.6 Å². The molecule has 0 radical (unpaired) electrons. The monoisotopic (exact) mass is 373 g/mol. The number of hydrogen-bond acceptors (Lipinski definition) is 6. The van der Waals surface area contributed by atoms with Gasteiger partial charge in [-0.2, -0.15) is 5.10 Å². The maximum absolute atomic E-state index is 12.5. The Hall–Kier alpha value is -2.45. The summed E-state index contributed by atoms with van der Waals surface area (Å²) in [6, 6.07) is 3.81. The van der Waals surface area contributed by atoms with Crippen molar-refractivity contribution >= 4 is 17.2 Å². The van der Waals surface area contributed by atoms with Crippen molar-refractivity contribution in [2.75, 3.05) is 19.6 Å². The van der Waals surface area contributed by atoms with Crippen LogP contribution >= 0.6 is 11.3 Å². The highest BCUT2D eigenvalue weighted by atomic mass is 32.1. The van der Waals surface area contributed by atoms with Crippen LogP contribution in [0.2, 0.25) is 0 Å². The van der Waals surface area contributed by atoms with Crippen molar-refractivity contribution in [3.8, 4) is 10.6 Å². The van der Waals surface area contributed by atoms with Gasteiger partial charge in [-0.3, -0.25) is 14.4 Å². The fraction of sp³-hybridized carbons (Fsp3) is 0.389. The third-order valence-electron chi connectivity index (χ3n) is 4.27. The van der Waals surface area contributed by atoms with Gasteiger partial charge in [-0.1, -0.05) is 13.8 Å². The highest BCUT2D eigenvalue weighted by Crippen LogP contribution is 2.23. The van der Waals surface area contributed by atoms with Gasteiger partial charge in [0.2, 0.25) is 0 Å². The Balaban J connectivity index is 1.68. The molecule has 1 atom stereocenters. The molecule has 0 spiro atoms. The molecule has 0 aliphatic rings. The molecule has 0 aromatic carbocycles. The first-order valence-corrected chi connectivity index (χ1v) is 9.50. The number of hydrogen-bond donors (Lipinski definition) is 1. The minimum Gasteiger partial charge on any atom is -0.468 e. The van der Waals surface area contributed by atoms with E-state index in [4.69, 9.17) is 4.42 Å². The SMILES string of the molecule is CCN(CC)[C@H](CNC(=O)c1csc(-c2cnn(C)c2)n1)c1ccco1. The van der Waals surface area contributed by atoms with Crippen LogP contribution in [0, 0.1) is 0 Å². The number of furan rings is 1. The lowest BCUT2D eigenvalue weighted by molar-refractivity contribution is 0.0925. The lowest BCUT2D eigenvalue weighted by atomic mass is 10.2. The van der Waals surface area contributed by atoms with Crippen molar-refractivity contribution in [1.29, 1.82) is 0 Å². The van der Waals surface area contributed by atoms with E-state index in [0.717, 1.165) is 29.4 Å². The number of nitrogens with one attached hydrogen (secondary N) is 1. The summed E-state index contributed by atoms with van der Waals surface area (Å²) in [7, 11) is 1.85. The summed E-state index contributed by atoms with van der Waals surface area (Å²) in [5, 5.41) is 9.69. The third-order valence-corrected chi connectivity index (χ3v) is 5.16. The molecule has 1 amide bonds. The summed E-state index contributed by atoms with van der Waals surface area (Å²) < 4.78 is 7.28. The Bertz CT molecular complexity index is 836. The van der Waals surface area contributed by atoms with E-state index in [1.54, 1.807) is 22.5 Å². The fourth-order valence-electron chi connectivity index (χ4n) is 2.88. The number of rotatable bonds is 8. The minimum absolute atomic E-state index is 0.000351. The van der Waals surface area contributed by atoms with E-state index in [-0.39, 0.29) is 11.9 Å². The molecule has 8 heteroatoms. The van der Waals surface area contributed by atoms with Crippen LogP contribution in [-0.4, -0.2) is 45.2 Å². The standard InChI is InChI=1S/C18H23N5O2S/c1-4-23(5-2)15(16-7-6-8-25-16)10-19-17(24)14-12-26-18(21-14)13-9-20-22(3)11-13/h6-9,11-12,15H,4-5,10H2,1-3H3,(H,19,24)/t15-/m1/s1. The fourth-order valence-corrected chi connectivity index (χ4v) is 3.65. The van der Waals surface area contributed by atoms with Gasteiger partial charge in [0, 0.05) is 30.7 Å². The van der Waals surface area contributed by atoms with Crippen LogP contribution in [-0.2, 0) is 7.05 Å². The summed E-state index contributed by atoms with van der Waals surface area (Å²) in [6.07, 6.45) is 5.29. The molecule has 0 unspecified atom stereocenters. The number of amides is 1. The van der Waals surface area contributed by atoms with E-state index in [9.17, 15) is 4.79 Å². The zero-order chi connectivity index (χ0) is 18.5. The zero-order valence-corrected chi connectivity index (χ0v) is 16.0. The second kappa shape index (κ2) is 8.29. The quantitative estimate of drug-likeness (QED) is 0.657. The predicted octanol–water partition coefficient (Wildman–Crippen LogP) is 2.95. The average molecular weight is 373 g/mol. The van der Waals surface area contributed by atoms with Crippen molar-refractivity contribution in [2.24, 2.45) is 7.05 Å². The molecule has 0 saturated heterocycles. The van der Waals surface area contributed by atoms with Crippen molar-refractivity contribution in [3.05, 3.63) is 47.6 Å². The molecular weight excluding hydrogens is 350 g/mol. The maximum atomic E-state index is 12.5. The molecule has 3 aromatic rings. The van der Waals surface area contributed by atoms with E-state index in [0.29, 0.717) is 12.2 Å². The van der Waals surface area contributed by atoms with Gasteiger partial charge < -0.3 is 9.73 Å². The van der Waals surface area contributed by atoms with Crippen LogP contribution in [0.1, 0.15) is 36.1 Å². The molecule has 0 fully saturated rings. The number of carbonyl (C=O) groups is 1. The van der Waals surface area contributed by atoms with Gasteiger partial charge in [0.1, 0.15) is 16.5 Å². The van der Waals surface area contributed by atoms with E-state index in [1.807, 2.05) is 25.4 Å². The lowest BCUT2D eigenvalue weighted by Gasteiger charge is -2.28. The minimum atomic E-state index is -0.180. The highest BCUT2D eigenvalue weighted by molar-refractivity contribution is 7.13. The number of carbonyl (C=O) groups excluding carboxylic acids is 1. The molecule has 0 aliphatic carbocycles. The number of aromatic nitrogens is 3. The van der Waals surface area contributed by atoms with Gasteiger partial charge in [-0.05, 0) is 25.2 Å². The van der Waals surface area contributed by atoms with Crippen molar-refractivity contribution in [1.82, 2.24) is 25.0 Å². The molecule has 3 heterocycles. The Morgan fingerprint density at radius 1 is 1.42 bits per heavy atom. The summed E-state index contributed by atoms with van der Waals surface area (Å²) in [4.78, 5) is 19.2. The first kappa shape index (κ1) is 18.3. The Kier molecular flexibility index (Phi) is 5.85. The molecule has 7 nitrogen and oxygen atoms in total. The molecule has 0 bridgehead atoms. The molecule has 0 saturated carbocycles. The summed E-state index contributed by atoms with van der Waals surface area (Å²) >= 11 is 1.44. The van der Waals surface area contributed by atoms with Crippen molar-refractivity contribution in [2.45, 2.75) is 19.9 Å². The topological polar surface area (TPSA) is 76.2 Å². The first-order valence-electron chi connectivity index (χ1n) is 8.62. The summed E-state index contributed by atoms with van der Waals surface area (Å²) in [5.41, 5.74) is 1.33. The number of thiazole rings is 1. The lowest BCUT2D eigenvalue weighted by Crippen LogP contribution is -2.38. The largest absolute Gasteiger partial charge is 0.468 e. The highest BCUT2D eigenvalue weighted by Gasteiger charge is 2.22. The zero-order valence-electron chi connectivity index (χ0n) is 15.2. The van der Waals surface area contributed by atoms with Crippen LogP contribution in [0.4, 0.5) is 0 Å². The van der Waals surface area contributed by atoms with Gasteiger partial charge in [0.05, 0.1) is 18.5 Å². The number of likely N-dealkylation sites (N-methyl/N-ethyl adjacent to an activating group) is 1. The third kappa shape index (κ3) is 4.03. The van der Waals surface area contributed by atoms with Crippen LogP contribution in [0.5, 0.6) is 0 Å². The van der Waals surface area contributed by atoms with Crippen molar-refractivity contribution < 1.29 is 9.21 Å². The van der Waals surface area contributed by atoms with E-state index in [2.05, 4.69) is 34.1 Å². The Labute approximate surface area is 156 Å². The molecule has 26 heavy (non-hydrogen) atoms. The van der Waals surface area contributed by atoms with E-state index >= 15 is 0 Å². The van der Waals surface area contributed by atoms with Gasteiger partial charge >= 0.3 is 0 Å². The molecule has 1 N–H and O–H groups in total. The maximum Gasteiger partial charge on any atom is 0.270 e. The van der Waals surface area contributed by atoms with E-state index < -0.39 is 0 Å². The van der Waals surface area contributed by atoms with Gasteiger partial charge in [0.25, 0.3) is 5.91 Å². The second-order valence-corrected chi connectivity index (χ2v) is 6.76. The van der Waals surface area contributed by atoms with Crippen LogP contribution < -0.4 is 5.32 Å². The molecular formula is C18H23N5O2S. The Morgan fingerprint density at radius 3 is 2.85 bits per heavy atom. The number of aryl methyl sites for hydroxylation is 1. The van der Waals surface area contributed by atoms with Crippen LogP contribution in [0.3, 0.4) is 0 Å². The van der Waals surface area contributed by atoms with Crippen LogP contribution in [0.15, 0.2) is 40.6 Å². The Morgan fingerprint density at radius 2 is 2.23 bits per heavy atom. The molecule has 0 aliphatic heterocycles. The van der Waals surface area contributed by atoms with Gasteiger partial charge in [-0.25, -0.2) is 4.98 Å².